The minimum absolute atomic E-state index is 0.0705. The van der Waals surface area contributed by atoms with E-state index in [-0.39, 0.29) is 11.5 Å². The topological polar surface area (TPSA) is 75.0 Å². The van der Waals surface area contributed by atoms with Gasteiger partial charge in [0.15, 0.2) is 5.75 Å². The normalized spacial score (nSPS) is 10.8. The van der Waals surface area contributed by atoms with Crippen molar-refractivity contribution in [3.8, 4) is 17.2 Å². The summed E-state index contributed by atoms with van der Waals surface area (Å²) < 4.78 is 21.5. The van der Waals surface area contributed by atoms with E-state index in [0.717, 1.165) is 19.3 Å². The second kappa shape index (κ2) is 11.4. The van der Waals surface area contributed by atoms with Crippen molar-refractivity contribution in [2.45, 2.75) is 65.2 Å². The van der Waals surface area contributed by atoms with Crippen LogP contribution in [-0.2, 0) is 4.79 Å². The highest BCUT2D eigenvalue weighted by molar-refractivity contribution is 5.89. The maximum atomic E-state index is 12.3. The molecule has 6 heteroatoms. The number of hydrogen-bond acceptors (Lipinski definition) is 6. The van der Waals surface area contributed by atoms with Gasteiger partial charge in [-0.1, -0.05) is 51.9 Å². The monoisotopic (exact) mass is 390 g/mol. The fourth-order valence-corrected chi connectivity index (χ4v) is 3.04. The molecule has 0 unspecified atom stereocenters. The molecular weight excluding hydrogens is 360 g/mol. The van der Waals surface area contributed by atoms with E-state index >= 15 is 0 Å². The maximum Gasteiger partial charge on any atom is 0.383 e. The van der Waals surface area contributed by atoms with E-state index in [9.17, 15) is 9.59 Å². The summed E-state index contributed by atoms with van der Waals surface area (Å²) in [5.41, 5.74) is -0.352. The van der Waals surface area contributed by atoms with Gasteiger partial charge in [0, 0.05) is 6.92 Å². The van der Waals surface area contributed by atoms with Gasteiger partial charge in [-0.15, -0.1) is 0 Å². The van der Waals surface area contributed by atoms with Crippen molar-refractivity contribution >= 4 is 16.9 Å². The molecule has 0 aliphatic carbocycles. The summed E-state index contributed by atoms with van der Waals surface area (Å²) in [5, 5.41) is 0.458. The van der Waals surface area contributed by atoms with E-state index in [0.29, 0.717) is 23.3 Å². The van der Waals surface area contributed by atoms with E-state index in [2.05, 4.69) is 6.92 Å². The first-order valence-electron chi connectivity index (χ1n) is 10.0. The van der Waals surface area contributed by atoms with Crippen LogP contribution in [-0.4, -0.2) is 19.7 Å². The van der Waals surface area contributed by atoms with E-state index in [1.54, 1.807) is 18.2 Å². The number of esters is 1. The zero-order valence-electron chi connectivity index (χ0n) is 17.0. The molecular formula is C22H30O6. The standard InChI is InChI=1S/C22H30O6/c1-4-5-6-7-8-9-10-11-14-26-21-20(27-16(2)23)18-15-17(25-3)12-13-19(18)28-22(21)24/h12-13,15H,4-11,14H2,1-3H3. The number of benzene rings is 1. The molecule has 0 saturated carbocycles. The van der Waals surface area contributed by atoms with E-state index < -0.39 is 11.6 Å². The Kier molecular flexibility index (Phi) is 8.85. The van der Waals surface area contributed by atoms with Gasteiger partial charge in [0.05, 0.1) is 19.1 Å². The van der Waals surface area contributed by atoms with Gasteiger partial charge >= 0.3 is 11.6 Å². The third-order valence-electron chi connectivity index (χ3n) is 4.52. The van der Waals surface area contributed by atoms with Crippen molar-refractivity contribution in [1.29, 1.82) is 0 Å². The highest BCUT2D eigenvalue weighted by Gasteiger charge is 2.20. The summed E-state index contributed by atoms with van der Waals surface area (Å²) in [5.74, 6) is 0.0338. The molecule has 28 heavy (non-hydrogen) atoms. The molecule has 0 fully saturated rings. The van der Waals surface area contributed by atoms with Crippen LogP contribution >= 0.6 is 0 Å². The summed E-state index contributed by atoms with van der Waals surface area (Å²) in [6.07, 6.45) is 9.32. The van der Waals surface area contributed by atoms with E-state index in [1.165, 1.54) is 46.1 Å². The number of fused-ring (bicyclic) bond motifs is 1. The summed E-state index contributed by atoms with van der Waals surface area (Å²) in [7, 11) is 1.53. The summed E-state index contributed by atoms with van der Waals surface area (Å²) >= 11 is 0. The van der Waals surface area contributed by atoms with Crippen molar-refractivity contribution < 1.29 is 23.4 Å². The Morgan fingerprint density at radius 3 is 2.32 bits per heavy atom. The number of methoxy groups -OCH3 is 1. The highest BCUT2D eigenvalue weighted by atomic mass is 16.6. The molecule has 0 atom stereocenters. The van der Waals surface area contributed by atoms with Gasteiger partial charge in [0.25, 0.3) is 0 Å². The Hall–Kier alpha value is -2.50. The van der Waals surface area contributed by atoms with Gasteiger partial charge in [0.2, 0.25) is 5.75 Å². The Morgan fingerprint density at radius 1 is 1.00 bits per heavy atom. The number of hydrogen-bond donors (Lipinski definition) is 0. The minimum Gasteiger partial charge on any atom is -0.497 e. The Balaban J connectivity index is 2.05. The van der Waals surface area contributed by atoms with Crippen molar-refractivity contribution in [3.63, 3.8) is 0 Å². The number of carbonyl (C=O) groups is 1. The lowest BCUT2D eigenvalue weighted by Gasteiger charge is -2.12. The average Bonchev–Trinajstić information content (AvgIpc) is 2.67. The Labute approximate surface area is 165 Å². The van der Waals surface area contributed by atoms with Crippen LogP contribution in [0.1, 0.15) is 65.2 Å². The number of carbonyl (C=O) groups excluding carboxylic acids is 1. The zero-order chi connectivity index (χ0) is 20.4. The van der Waals surface area contributed by atoms with Crippen LogP contribution in [0.3, 0.4) is 0 Å². The zero-order valence-corrected chi connectivity index (χ0v) is 17.0. The molecule has 1 heterocycles. The second-order valence-corrected chi connectivity index (χ2v) is 6.83. The third kappa shape index (κ3) is 6.29. The largest absolute Gasteiger partial charge is 0.497 e. The Bertz CT molecular complexity index is 824. The summed E-state index contributed by atoms with van der Waals surface area (Å²) in [6, 6.07) is 4.93. The first-order chi connectivity index (χ1) is 13.6. The van der Waals surface area contributed by atoms with Gasteiger partial charge in [-0.25, -0.2) is 4.79 Å². The number of ether oxygens (including phenoxy) is 3. The lowest BCUT2D eigenvalue weighted by Crippen LogP contribution is -2.13. The SMILES string of the molecule is CCCCCCCCCCOc1c(OC(C)=O)c2cc(OC)ccc2oc1=O. The number of unbranched alkanes of at least 4 members (excludes halogenated alkanes) is 7. The van der Waals surface area contributed by atoms with Crippen LogP contribution in [0.25, 0.3) is 11.0 Å². The predicted octanol–water partition coefficient (Wildman–Crippen LogP) is 5.25. The molecule has 0 spiro atoms. The molecule has 154 valence electrons. The molecule has 0 aliphatic rings. The Morgan fingerprint density at radius 2 is 1.68 bits per heavy atom. The average molecular weight is 390 g/mol. The lowest BCUT2D eigenvalue weighted by atomic mass is 10.1. The van der Waals surface area contributed by atoms with Crippen molar-refractivity contribution in [2.24, 2.45) is 0 Å². The molecule has 0 radical (unpaired) electrons. The van der Waals surface area contributed by atoms with Crippen LogP contribution in [0.5, 0.6) is 17.2 Å². The van der Waals surface area contributed by atoms with Gasteiger partial charge in [0.1, 0.15) is 11.3 Å². The molecule has 6 nitrogen and oxygen atoms in total. The van der Waals surface area contributed by atoms with Crippen molar-refractivity contribution in [3.05, 3.63) is 28.6 Å². The van der Waals surface area contributed by atoms with Gasteiger partial charge in [-0.3, -0.25) is 4.79 Å². The van der Waals surface area contributed by atoms with Crippen LogP contribution in [0.15, 0.2) is 27.4 Å². The smallest absolute Gasteiger partial charge is 0.383 e. The van der Waals surface area contributed by atoms with E-state index in [4.69, 9.17) is 18.6 Å². The highest BCUT2D eigenvalue weighted by Crippen LogP contribution is 2.35. The third-order valence-corrected chi connectivity index (χ3v) is 4.52. The maximum absolute atomic E-state index is 12.3. The molecule has 1 aromatic carbocycles. The van der Waals surface area contributed by atoms with Crippen LogP contribution in [0.4, 0.5) is 0 Å². The molecule has 0 N–H and O–H groups in total. The predicted molar refractivity (Wildman–Crippen MR) is 108 cm³/mol. The lowest BCUT2D eigenvalue weighted by molar-refractivity contribution is -0.131. The molecule has 2 rings (SSSR count). The molecule has 2 aromatic rings. The second-order valence-electron chi connectivity index (χ2n) is 6.83. The first-order valence-corrected chi connectivity index (χ1v) is 10.0. The fraction of sp³-hybridized carbons (Fsp3) is 0.545. The molecule has 0 amide bonds. The quantitative estimate of drug-likeness (QED) is 0.280. The molecule has 0 aliphatic heterocycles. The first kappa shape index (κ1) is 21.8. The molecule has 1 aromatic heterocycles. The number of rotatable bonds is 12. The minimum atomic E-state index is -0.659. The van der Waals surface area contributed by atoms with Gasteiger partial charge in [-0.2, -0.15) is 0 Å². The van der Waals surface area contributed by atoms with Crippen molar-refractivity contribution in [1.82, 2.24) is 0 Å². The summed E-state index contributed by atoms with van der Waals surface area (Å²) in [6.45, 7) is 3.85. The van der Waals surface area contributed by atoms with Gasteiger partial charge < -0.3 is 18.6 Å². The summed E-state index contributed by atoms with van der Waals surface area (Å²) in [4.78, 5) is 23.9. The van der Waals surface area contributed by atoms with Crippen LogP contribution in [0.2, 0.25) is 0 Å². The fourth-order valence-electron chi connectivity index (χ4n) is 3.04. The van der Waals surface area contributed by atoms with Gasteiger partial charge in [-0.05, 0) is 24.6 Å². The molecule has 0 bridgehead atoms. The van der Waals surface area contributed by atoms with Crippen LogP contribution < -0.4 is 19.8 Å². The van der Waals surface area contributed by atoms with E-state index in [1.807, 2.05) is 0 Å². The van der Waals surface area contributed by atoms with Crippen LogP contribution in [0, 0.1) is 0 Å². The molecule has 0 saturated heterocycles. The van der Waals surface area contributed by atoms with Crippen molar-refractivity contribution in [2.75, 3.05) is 13.7 Å².